The maximum Gasteiger partial charge on any atom is 0.258 e. The number of aliphatic hydroxyl groups is 2. The second kappa shape index (κ2) is 8.01. The first-order valence-corrected chi connectivity index (χ1v) is 9.28. The van der Waals surface area contributed by atoms with Gasteiger partial charge >= 0.3 is 0 Å². The fourth-order valence-corrected chi connectivity index (χ4v) is 3.46. The SMILES string of the molecule is N#Cc1cc(-c2nc(-c3cccc4c3CCC4N)no2)ccc1OC[C@@H](O)CO. The third kappa shape index (κ3) is 3.71. The van der Waals surface area contributed by atoms with E-state index in [1.54, 1.807) is 18.2 Å². The zero-order valence-corrected chi connectivity index (χ0v) is 15.6. The van der Waals surface area contributed by atoms with Crippen molar-refractivity contribution >= 4 is 0 Å². The maximum absolute atomic E-state index is 9.41. The highest BCUT2D eigenvalue weighted by Crippen LogP contribution is 2.36. The monoisotopic (exact) mass is 392 g/mol. The molecule has 0 saturated heterocycles. The van der Waals surface area contributed by atoms with Gasteiger partial charge in [-0.05, 0) is 42.2 Å². The van der Waals surface area contributed by atoms with Gasteiger partial charge in [0.25, 0.3) is 5.89 Å². The average Bonchev–Trinajstić information content (AvgIpc) is 3.39. The van der Waals surface area contributed by atoms with Gasteiger partial charge in [-0.15, -0.1) is 0 Å². The molecule has 1 unspecified atom stereocenters. The molecular formula is C21H20N4O4. The van der Waals surface area contributed by atoms with Crippen molar-refractivity contribution in [1.29, 1.82) is 5.26 Å². The first-order chi connectivity index (χ1) is 14.1. The first-order valence-electron chi connectivity index (χ1n) is 9.28. The van der Waals surface area contributed by atoms with Crippen molar-refractivity contribution in [2.24, 2.45) is 5.73 Å². The molecule has 8 nitrogen and oxygen atoms in total. The van der Waals surface area contributed by atoms with E-state index in [0.717, 1.165) is 29.5 Å². The van der Waals surface area contributed by atoms with E-state index in [4.69, 9.17) is 20.1 Å². The molecule has 8 heteroatoms. The number of fused-ring (bicyclic) bond motifs is 1. The smallest absolute Gasteiger partial charge is 0.258 e. The molecule has 1 aromatic heterocycles. The van der Waals surface area contributed by atoms with E-state index >= 15 is 0 Å². The van der Waals surface area contributed by atoms with Crippen LogP contribution in [0.3, 0.4) is 0 Å². The molecule has 0 radical (unpaired) electrons. The van der Waals surface area contributed by atoms with Crippen molar-refractivity contribution in [2.75, 3.05) is 13.2 Å². The second-order valence-electron chi connectivity index (χ2n) is 6.91. The van der Waals surface area contributed by atoms with Gasteiger partial charge < -0.3 is 25.2 Å². The normalized spacial score (nSPS) is 16.3. The number of hydrogen-bond donors (Lipinski definition) is 3. The van der Waals surface area contributed by atoms with Gasteiger partial charge in [0.1, 0.15) is 24.5 Å². The van der Waals surface area contributed by atoms with Gasteiger partial charge in [0.05, 0.1) is 12.2 Å². The largest absolute Gasteiger partial charge is 0.489 e. The van der Waals surface area contributed by atoms with Gasteiger partial charge in [-0.2, -0.15) is 10.2 Å². The van der Waals surface area contributed by atoms with Crippen molar-refractivity contribution in [3.05, 3.63) is 53.1 Å². The Morgan fingerprint density at radius 1 is 1.34 bits per heavy atom. The van der Waals surface area contributed by atoms with E-state index < -0.39 is 12.7 Å². The number of rotatable bonds is 6. The molecule has 2 atom stereocenters. The van der Waals surface area contributed by atoms with Gasteiger partial charge in [0, 0.05) is 17.2 Å². The summed E-state index contributed by atoms with van der Waals surface area (Å²) in [6.45, 7) is -0.532. The van der Waals surface area contributed by atoms with E-state index in [1.165, 1.54) is 0 Å². The van der Waals surface area contributed by atoms with Crippen LogP contribution in [0.4, 0.5) is 0 Å². The number of benzene rings is 2. The summed E-state index contributed by atoms with van der Waals surface area (Å²) in [6.07, 6.45) is 0.760. The average molecular weight is 392 g/mol. The van der Waals surface area contributed by atoms with Crippen molar-refractivity contribution in [3.63, 3.8) is 0 Å². The number of aromatic nitrogens is 2. The van der Waals surface area contributed by atoms with Crippen LogP contribution in [0.2, 0.25) is 0 Å². The Kier molecular flexibility index (Phi) is 5.27. The van der Waals surface area contributed by atoms with Crippen LogP contribution < -0.4 is 10.5 Å². The van der Waals surface area contributed by atoms with E-state index in [1.807, 2.05) is 18.2 Å². The van der Waals surface area contributed by atoms with Gasteiger partial charge in [0.2, 0.25) is 5.82 Å². The number of ether oxygens (including phenoxy) is 1. The summed E-state index contributed by atoms with van der Waals surface area (Å²) in [5.74, 6) is 1.08. The minimum Gasteiger partial charge on any atom is -0.489 e. The van der Waals surface area contributed by atoms with E-state index in [9.17, 15) is 10.4 Å². The molecule has 29 heavy (non-hydrogen) atoms. The first kappa shape index (κ1) is 19.1. The summed E-state index contributed by atoms with van der Waals surface area (Å²) in [7, 11) is 0. The lowest BCUT2D eigenvalue weighted by Gasteiger charge is -2.11. The fraction of sp³-hybridized carbons (Fsp3) is 0.286. The standard InChI is InChI=1S/C21H20N4O4/c22-9-13-8-12(4-7-19(13)28-11-14(27)10-26)21-24-20(25-29-21)17-3-1-2-16-15(17)5-6-18(16)23/h1-4,7-8,14,18,26-27H,5-6,10-11,23H2/t14-,18?/m0/s1. The molecule has 0 saturated carbocycles. The van der Waals surface area contributed by atoms with Gasteiger partial charge in [-0.25, -0.2) is 0 Å². The Morgan fingerprint density at radius 3 is 3.00 bits per heavy atom. The van der Waals surface area contributed by atoms with Crippen LogP contribution in [0.15, 0.2) is 40.9 Å². The molecule has 148 valence electrons. The molecule has 0 bridgehead atoms. The summed E-state index contributed by atoms with van der Waals surface area (Å²) in [6, 6.07) is 12.9. The third-order valence-corrected chi connectivity index (χ3v) is 4.97. The molecule has 4 rings (SSSR count). The molecule has 0 spiro atoms. The zero-order chi connectivity index (χ0) is 20.4. The highest BCUT2D eigenvalue weighted by Gasteiger charge is 2.24. The van der Waals surface area contributed by atoms with Gasteiger partial charge in [0.15, 0.2) is 0 Å². The number of nitrogens with zero attached hydrogens (tertiary/aromatic N) is 3. The summed E-state index contributed by atoms with van der Waals surface area (Å²) in [5.41, 5.74) is 10.2. The summed E-state index contributed by atoms with van der Waals surface area (Å²) in [4.78, 5) is 4.50. The van der Waals surface area contributed by atoms with Crippen LogP contribution in [-0.4, -0.2) is 39.7 Å². The van der Waals surface area contributed by atoms with Crippen LogP contribution in [0.25, 0.3) is 22.8 Å². The summed E-state index contributed by atoms with van der Waals surface area (Å²) >= 11 is 0. The number of nitrogens with two attached hydrogens (primary N) is 1. The Labute approximate surface area is 167 Å². The number of hydrogen-bond acceptors (Lipinski definition) is 8. The van der Waals surface area contributed by atoms with Crippen molar-refractivity contribution < 1.29 is 19.5 Å². The van der Waals surface area contributed by atoms with Crippen LogP contribution in [0.1, 0.15) is 29.2 Å². The molecule has 3 aromatic rings. The predicted molar refractivity (Wildman–Crippen MR) is 104 cm³/mol. The van der Waals surface area contributed by atoms with Crippen LogP contribution in [-0.2, 0) is 6.42 Å². The highest BCUT2D eigenvalue weighted by molar-refractivity contribution is 5.67. The van der Waals surface area contributed by atoms with Crippen molar-refractivity contribution in [1.82, 2.24) is 10.1 Å². The topological polar surface area (TPSA) is 138 Å². The van der Waals surface area contributed by atoms with E-state index in [-0.39, 0.29) is 18.2 Å². The number of aliphatic hydroxyl groups excluding tert-OH is 2. The minimum atomic E-state index is -1.01. The van der Waals surface area contributed by atoms with Crippen molar-refractivity contribution in [3.8, 4) is 34.7 Å². The molecular weight excluding hydrogens is 372 g/mol. The molecule has 1 aliphatic rings. The Balaban J connectivity index is 1.61. The Morgan fingerprint density at radius 2 is 2.21 bits per heavy atom. The second-order valence-corrected chi connectivity index (χ2v) is 6.91. The van der Waals surface area contributed by atoms with E-state index in [2.05, 4.69) is 16.2 Å². The molecule has 1 aliphatic carbocycles. The van der Waals surface area contributed by atoms with Gasteiger partial charge in [-0.1, -0.05) is 23.4 Å². The molecule has 0 aliphatic heterocycles. The van der Waals surface area contributed by atoms with Crippen LogP contribution in [0, 0.1) is 11.3 Å². The molecule has 2 aromatic carbocycles. The fourth-order valence-electron chi connectivity index (χ4n) is 3.46. The summed E-state index contributed by atoms with van der Waals surface area (Å²) in [5, 5.41) is 31.8. The maximum atomic E-state index is 9.41. The number of nitriles is 1. The van der Waals surface area contributed by atoms with Gasteiger partial charge in [-0.3, -0.25) is 0 Å². The summed E-state index contributed by atoms with van der Waals surface area (Å²) < 4.78 is 10.8. The molecule has 0 amide bonds. The zero-order valence-electron chi connectivity index (χ0n) is 15.6. The lowest BCUT2D eigenvalue weighted by atomic mass is 10.0. The molecule has 1 heterocycles. The third-order valence-electron chi connectivity index (χ3n) is 4.97. The lowest BCUT2D eigenvalue weighted by molar-refractivity contribution is 0.0535. The Bertz CT molecular complexity index is 1070. The molecule has 0 fully saturated rings. The minimum absolute atomic E-state index is 0.0337. The quantitative estimate of drug-likeness (QED) is 0.578. The van der Waals surface area contributed by atoms with Crippen LogP contribution in [0.5, 0.6) is 5.75 Å². The van der Waals surface area contributed by atoms with Crippen molar-refractivity contribution in [2.45, 2.75) is 25.0 Å². The highest BCUT2D eigenvalue weighted by atomic mass is 16.5. The predicted octanol–water partition coefficient (Wildman–Crippen LogP) is 1.95. The lowest BCUT2D eigenvalue weighted by Crippen LogP contribution is -2.21. The Hall–Kier alpha value is -3.25. The van der Waals surface area contributed by atoms with Crippen LogP contribution >= 0.6 is 0 Å². The van der Waals surface area contributed by atoms with E-state index in [0.29, 0.717) is 23.0 Å². The molecule has 4 N–H and O–H groups in total.